The summed E-state index contributed by atoms with van der Waals surface area (Å²) in [6, 6.07) is 15.9. The molecule has 0 radical (unpaired) electrons. The van der Waals surface area contributed by atoms with E-state index in [1.54, 1.807) is 0 Å². The van der Waals surface area contributed by atoms with E-state index in [2.05, 4.69) is 64.1 Å². The summed E-state index contributed by atoms with van der Waals surface area (Å²) in [7, 11) is 2.08. The number of carbonyl (C=O) groups excluding carboxylic acids is 1. The molecular formula is C19H19BrN2O. The van der Waals surface area contributed by atoms with Crippen LogP contribution in [0.2, 0.25) is 0 Å². The molecule has 0 spiro atoms. The summed E-state index contributed by atoms with van der Waals surface area (Å²) in [5.41, 5.74) is 4.45. The highest BCUT2D eigenvalue weighted by Gasteiger charge is 2.12. The highest BCUT2D eigenvalue weighted by molar-refractivity contribution is 9.10. The van der Waals surface area contributed by atoms with Crippen molar-refractivity contribution in [3.63, 3.8) is 0 Å². The number of hydrogen-bond donors (Lipinski definition) is 1. The lowest BCUT2D eigenvalue weighted by Gasteiger charge is -2.07. The Morgan fingerprint density at radius 1 is 1.13 bits per heavy atom. The first-order valence-electron chi connectivity index (χ1n) is 7.65. The SMILES string of the molecule is Cc1c(CCNC(=O)c2ccccc2Br)c2ccccc2n1C. The Hall–Kier alpha value is -2.07. The van der Waals surface area contributed by atoms with E-state index in [1.807, 2.05) is 24.3 Å². The maximum Gasteiger partial charge on any atom is 0.252 e. The standard InChI is InChI=1S/C19H19BrN2O/c1-13-14(15-7-4-6-10-18(15)22(13)2)11-12-21-19(23)16-8-3-5-9-17(16)20/h3-10H,11-12H2,1-2H3,(H,21,23). The zero-order chi connectivity index (χ0) is 16.4. The summed E-state index contributed by atoms with van der Waals surface area (Å²) < 4.78 is 3.03. The zero-order valence-electron chi connectivity index (χ0n) is 13.3. The summed E-state index contributed by atoms with van der Waals surface area (Å²) >= 11 is 3.42. The molecule has 0 atom stereocenters. The maximum atomic E-state index is 12.3. The van der Waals surface area contributed by atoms with Gasteiger partial charge in [0.15, 0.2) is 0 Å². The molecule has 2 aromatic carbocycles. The van der Waals surface area contributed by atoms with Gasteiger partial charge in [-0.2, -0.15) is 0 Å². The van der Waals surface area contributed by atoms with Crippen molar-refractivity contribution in [1.82, 2.24) is 9.88 Å². The molecule has 3 nitrogen and oxygen atoms in total. The van der Waals surface area contributed by atoms with Crippen LogP contribution in [0.4, 0.5) is 0 Å². The fourth-order valence-electron chi connectivity index (χ4n) is 2.96. The first kappa shape index (κ1) is 15.8. The molecule has 0 saturated carbocycles. The predicted molar refractivity (Wildman–Crippen MR) is 97.8 cm³/mol. The van der Waals surface area contributed by atoms with Gasteiger partial charge in [0.2, 0.25) is 0 Å². The lowest BCUT2D eigenvalue weighted by atomic mass is 10.1. The summed E-state index contributed by atoms with van der Waals surface area (Å²) in [5.74, 6) is -0.0460. The second-order valence-electron chi connectivity index (χ2n) is 5.63. The van der Waals surface area contributed by atoms with Gasteiger partial charge in [0.05, 0.1) is 5.56 Å². The fraction of sp³-hybridized carbons (Fsp3) is 0.211. The van der Waals surface area contributed by atoms with E-state index in [9.17, 15) is 4.79 Å². The molecule has 1 N–H and O–H groups in total. The number of benzene rings is 2. The molecule has 0 aliphatic carbocycles. The monoisotopic (exact) mass is 370 g/mol. The van der Waals surface area contributed by atoms with E-state index in [-0.39, 0.29) is 5.91 Å². The quantitative estimate of drug-likeness (QED) is 0.732. The largest absolute Gasteiger partial charge is 0.352 e. The van der Waals surface area contributed by atoms with Gasteiger partial charge in [0.25, 0.3) is 5.91 Å². The van der Waals surface area contributed by atoms with Crippen molar-refractivity contribution in [1.29, 1.82) is 0 Å². The Balaban J connectivity index is 1.74. The van der Waals surface area contributed by atoms with Crippen molar-refractivity contribution in [2.75, 3.05) is 6.54 Å². The lowest BCUT2D eigenvalue weighted by Crippen LogP contribution is -2.26. The Labute approximate surface area is 144 Å². The summed E-state index contributed by atoms with van der Waals surface area (Å²) in [5, 5.41) is 4.28. The molecule has 1 amide bonds. The third-order valence-corrected chi connectivity index (χ3v) is 5.00. The van der Waals surface area contributed by atoms with E-state index in [4.69, 9.17) is 0 Å². The number of aromatic nitrogens is 1. The molecule has 4 heteroatoms. The van der Waals surface area contributed by atoms with Crippen LogP contribution in [0, 0.1) is 6.92 Å². The topological polar surface area (TPSA) is 34.0 Å². The molecule has 1 aromatic heterocycles. The molecule has 0 saturated heterocycles. The number of hydrogen-bond acceptors (Lipinski definition) is 1. The molecule has 23 heavy (non-hydrogen) atoms. The number of carbonyl (C=O) groups is 1. The van der Waals surface area contributed by atoms with Crippen molar-refractivity contribution in [3.8, 4) is 0 Å². The molecule has 0 aliphatic heterocycles. The van der Waals surface area contributed by atoms with E-state index >= 15 is 0 Å². The Bertz CT molecular complexity index is 867. The van der Waals surface area contributed by atoms with Crippen LogP contribution in [0.1, 0.15) is 21.6 Å². The third kappa shape index (κ3) is 3.04. The van der Waals surface area contributed by atoms with Crippen LogP contribution in [0.15, 0.2) is 53.0 Å². The van der Waals surface area contributed by atoms with Crippen LogP contribution in [-0.2, 0) is 13.5 Å². The number of fused-ring (bicyclic) bond motifs is 1. The van der Waals surface area contributed by atoms with Gasteiger partial charge in [-0.3, -0.25) is 4.79 Å². The van der Waals surface area contributed by atoms with Crippen molar-refractivity contribution in [3.05, 3.63) is 69.8 Å². The van der Waals surface area contributed by atoms with Gasteiger partial charge in [0, 0.05) is 34.7 Å². The van der Waals surface area contributed by atoms with Gasteiger partial charge in [0.1, 0.15) is 0 Å². The van der Waals surface area contributed by atoms with Crippen molar-refractivity contribution in [2.24, 2.45) is 7.05 Å². The summed E-state index contributed by atoms with van der Waals surface area (Å²) in [6.07, 6.45) is 0.823. The first-order chi connectivity index (χ1) is 11.1. The van der Waals surface area contributed by atoms with E-state index in [1.165, 1.54) is 22.2 Å². The van der Waals surface area contributed by atoms with E-state index < -0.39 is 0 Å². The minimum absolute atomic E-state index is 0.0460. The van der Waals surface area contributed by atoms with Gasteiger partial charge in [-0.05, 0) is 53.0 Å². The molecule has 0 unspecified atom stereocenters. The van der Waals surface area contributed by atoms with Crippen LogP contribution < -0.4 is 5.32 Å². The third-order valence-electron chi connectivity index (χ3n) is 4.31. The maximum absolute atomic E-state index is 12.3. The zero-order valence-corrected chi connectivity index (χ0v) is 14.9. The molecular weight excluding hydrogens is 352 g/mol. The van der Waals surface area contributed by atoms with Crippen LogP contribution in [-0.4, -0.2) is 17.0 Å². The summed E-state index contributed by atoms with van der Waals surface area (Å²) in [6.45, 7) is 2.75. The normalized spacial score (nSPS) is 10.9. The average Bonchev–Trinajstić information content (AvgIpc) is 2.80. The minimum atomic E-state index is -0.0460. The smallest absolute Gasteiger partial charge is 0.252 e. The molecule has 3 rings (SSSR count). The lowest BCUT2D eigenvalue weighted by molar-refractivity contribution is 0.0953. The number of aryl methyl sites for hydroxylation is 1. The number of para-hydroxylation sites is 1. The molecule has 3 aromatic rings. The number of nitrogens with zero attached hydrogens (tertiary/aromatic N) is 1. The van der Waals surface area contributed by atoms with Crippen molar-refractivity contribution >= 4 is 32.7 Å². The Kier molecular flexibility index (Phi) is 4.53. The Morgan fingerprint density at radius 2 is 1.83 bits per heavy atom. The van der Waals surface area contributed by atoms with Crippen molar-refractivity contribution < 1.29 is 4.79 Å². The van der Waals surface area contributed by atoms with Crippen LogP contribution in [0.3, 0.4) is 0 Å². The second kappa shape index (κ2) is 6.59. The highest BCUT2D eigenvalue weighted by atomic mass is 79.9. The van der Waals surface area contributed by atoms with Crippen molar-refractivity contribution in [2.45, 2.75) is 13.3 Å². The van der Waals surface area contributed by atoms with Crippen LogP contribution in [0.5, 0.6) is 0 Å². The minimum Gasteiger partial charge on any atom is -0.352 e. The van der Waals surface area contributed by atoms with E-state index in [0.29, 0.717) is 12.1 Å². The number of amides is 1. The van der Waals surface area contributed by atoms with Gasteiger partial charge >= 0.3 is 0 Å². The first-order valence-corrected chi connectivity index (χ1v) is 8.44. The summed E-state index contributed by atoms with van der Waals surface area (Å²) in [4.78, 5) is 12.3. The molecule has 118 valence electrons. The van der Waals surface area contributed by atoms with Gasteiger partial charge in [-0.15, -0.1) is 0 Å². The van der Waals surface area contributed by atoms with Gasteiger partial charge in [-0.1, -0.05) is 30.3 Å². The number of nitrogens with one attached hydrogen (secondary N) is 1. The molecule has 0 aliphatic rings. The van der Waals surface area contributed by atoms with Crippen LogP contribution in [0.25, 0.3) is 10.9 Å². The van der Waals surface area contributed by atoms with Gasteiger partial charge < -0.3 is 9.88 Å². The number of halogens is 1. The highest BCUT2D eigenvalue weighted by Crippen LogP contribution is 2.25. The Morgan fingerprint density at radius 3 is 2.61 bits per heavy atom. The fourth-order valence-corrected chi connectivity index (χ4v) is 3.42. The van der Waals surface area contributed by atoms with Crippen LogP contribution >= 0.6 is 15.9 Å². The molecule has 0 bridgehead atoms. The average molecular weight is 371 g/mol. The molecule has 0 fully saturated rings. The molecule has 1 heterocycles. The number of rotatable bonds is 4. The second-order valence-corrected chi connectivity index (χ2v) is 6.48. The van der Waals surface area contributed by atoms with Gasteiger partial charge in [-0.25, -0.2) is 0 Å². The predicted octanol–water partition coefficient (Wildman–Crippen LogP) is 4.22. The van der Waals surface area contributed by atoms with E-state index in [0.717, 1.165) is 10.9 Å².